The third kappa shape index (κ3) is 9.92. The van der Waals surface area contributed by atoms with E-state index in [1.807, 2.05) is 0 Å². The van der Waals surface area contributed by atoms with Gasteiger partial charge in [0.25, 0.3) is 0 Å². The van der Waals surface area contributed by atoms with E-state index in [1.165, 1.54) is 0 Å². The maximum absolute atomic E-state index is 8.89. The molecule has 0 fully saturated rings. The second kappa shape index (κ2) is 4.65. The van der Waals surface area contributed by atoms with E-state index in [9.17, 15) is 0 Å². The van der Waals surface area contributed by atoms with Crippen LogP contribution in [0.25, 0.3) is 0 Å². The molecule has 2 nitrogen and oxygen atoms in total. The first kappa shape index (κ1) is 11.6. The molecule has 1 N–H and O–H groups in total. The zero-order valence-corrected chi connectivity index (χ0v) is 9.16. The topological polar surface area (TPSA) is 29.5 Å². The summed E-state index contributed by atoms with van der Waals surface area (Å²) in [6.07, 6.45) is 0. The Morgan fingerprint density at radius 3 is 1.88 bits per heavy atom. The Labute approximate surface area is 69.0 Å². The van der Waals surface area contributed by atoms with Gasteiger partial charge >= 0.3 is 0 Å². The van der Waals surface area contributed by atoms with Gasteiger partial charge in [-0.1, -0.05) is 0 Å². The molecule has 0 amide bonds. The molecule has 0 bridgehead atoms. The largest absolute Gasteiger partial charge is 0.388 e. The Morgan fingerprint density at radius 1 is 1.50 bits per heavy atom. The quantitative estimate of drug-likeness (QED) is 0.743. The van der Waals surface area contributed by atoms with Crippen molar-refractivity contribution in [2.75, 3.05) is 13.7 Å². The van der Waals surface area contributed by atoms with Crippen LogP contribution >= 0.6 is 0 Å². The fourth-order valence-corrected chi connectivity index (χ4v) is 0.353. The fraction of sp³-hybridized carbons (Fsp3) is 1.00. The molecule has 0 rings (SSSR count). The molecule has 0 atom stereocenters. The van der Waals surface area contributed by atoms with Crippen LogP contribution in [0.15, 0.2) is 0 Å². The molecule has 0 spiro atoms. The maximum Gasteiger partial charge on any atom is 0.0824 e. The van der Waals surface area contributed by atoms with Crippen LogP contribution < -0.4 is 0 Å². The summed E-state index contributed by atoms with van der Waals surface area (Å²) >= 11 is 0. The molecule has 0 aromatic heterocycles. The summed E-state index contributed by atoms with van der Waals surface area (Å²) in [6, 6.07) is 0. The van der Waals surface area contributed by atoms with Gasteiger partial charge in [0.15, 0.2) is 0 Å². The molecule has 0 saturated carbocycles. The van der Waals surface area contributed by atoms with Crippen molar-refractivity contribution in [3.05, 3.63) is 0 Å². The van der Waals surface area contributed by atoms with Crippen molar-refractivity contribution in [2.45, 2.75) is 19.4 Å². The fourth-order valence-electron chi connectivity index (χ4n) is 0.353. The normalized spacial score (nSPS) is 10.5. The van der Waals surface area contributed by atoms with Crippen molar-refractivity contribution in [1.29, 1.82) is 0 Å². The smallest absolute Gasteiger partial charge is 0.0824 e. The molecular formula is C5H12HfO2. The average molecular weight is 283 g/mol. The minimum atomic E-state index is -0.672. The first-order chi connectivity index (χ1) is 3.06. The van der Waals surface area contributed by atoms with Crippen molar-refractivity contribution in [2.24, 2.45) is 0 Å². The summed E-state index contributed by atoms with van der Waals surface area (Å²) in [6.45, 7) is 3.81. The number of ether oxygens (including phenoxy) is 1. The van der Waals surface area contributed by atoms with Crippen LogP contribution in [0, 0.1) is 0 Å². The van der Waals surface area contributed by atoms with Crippen molar-refractivity contribution in [3.63, 3.8) is 0 Å². The van der Waals surface area contributed by atoms with Crippen LogP contribution in [0.4, 0.5) is 0 Å². The Kier molecular flexibility index (Phi) is 6.72. The molecule has 0 aliphatic rings. The van der Waals surface area contributed by atoms with Gasteiger partial charge in [-0.25, -0.2) is 0 Å². The van der Waals surface area contributed by atoms with E-state index in [0.717, 1.165) is 0 Å². The standard InChI is InChI=1S/C5H12O2.Hf/c1-5(2,6)4-7-3;/h6H,4H2,1-3H3;. The molecule has 3 heteroatoms. The van der Waals surface area contributed by atoms with Crippen LogP contribution in [-0.2, 0) is 30.6 Å². The third-order valence-corrected chi connectivity index (χ3v) is 0.498. The molecule has 8 heavy (non-hydrogen) atoms. The maximum atomic E-state index is 8.89. The first-order valence-electron chi connectivity index (χ1n) is 2.27. The molecule has 0 radical (unpaired) electrons. The molecule has 0 aliphatic carbocycles. The van der Waals surface area contributed by atoms with E-state index in [0.29, 0.717) is 6.61 Å². The summed E-state index contributed by atoms with van der Waals surface area (Å²) in [5.74, 6) is 0. The summed E-state index contributed by atoms with van der Waals surface area (Å²) < 4.78 is 4.66. The van der Waals surface area contributed by atoms with Gasteiger partial charge in [0.1, 0.15) is 0 Å². The van der Waals surface area contributed by atoms with E-state index in [-0.39, 0.29) is 25.8 Å². The van der Waals surface area contributed by atoms with Gasteiger partial charge in [0, 0.05) is 33.0 Å². The summed E-state index contributed by atoms with van der Waals surface area (Å²) in [4.78, 5) is 0. The number of aliphatic hydroxyl groups is 1. The van der Waals surface area contributed by atoms with Crippen LogP contribution in [-0.4, -0.2) is 24.4 Å². The molecule has 0 unspecified atom stereocenters. The van der Waals surface area contributed by atoms with Crippen molar-refractivity contribution >= 4 is 0 Å². The molecule has 0 heterocycles. The molecular weight excluding hydrogens is 271 g/mol. The molecule has 48 valence electrons. The summed E-state index contributed by atoms with van der Waals surface area (Å²) in [7, 11) is 1.57. The van der Waals surface area contributed by atoms with E-state index in [4.69, 9.17) is 5.11 Å². The Bertz CT molecular complexity index is 48.9. The van der Waals surface area contributed by atoms with E-state index >= 15 is 0 Å². The minimum absolute atomic E-state index is 0. The van der Waals surface area contributed by atoms with E-state index in [1.54, 1.807) is 21.0 Å². The zero-order chi connectivity index (χ0) is 5.91. The van der Waals surface area contributed by atoms with Gasteiger partial charge in [-0.05, 0) is 13.8 Å². The predicted octanol–water partition coefficient (Wildman–Crippen LogP) is 0.401. The van der Waals surface area contributed by atoms with Crippen molar-refractivity contribution in [3.8, 4) is 0 Å². The monoisotopic (exact) mass is 284 g/mol. The Hall–Kier alpha value is 0.790. The van der Waals surface area contributed by atoms with Crippen LogP contribution in [0.1, 0.15) is 13.8 Å². The summed E-state index contributed by atoms with van der Waals surface area (Å²) in [5.41, 5.74) is -0.672. The average Bonchev–Trinajstić information content (AvgIpc) is 1.30. The van der Waals surface area contributed by atoms with Crippen molar-refractivity contribution in [1.82, 2.24) is 0 Å². The van der Waals surface area contributed by atoms with Gasteiger partial charge in [-0.15, -0.1) is 0 Å². The van der Waals surface area contributed by atoms with E-state index in [2.05, 4.69) is 4.74 Å². The molecule has 0 aromatic rings. The Morgan fingerprint density at radius 2 is 1.88 bits per heavy atom. The van der Waals surface area contributed by atoms with Gasteiger partial charge in [-0.3, -0.25) is 0 Å². The molecule has 0 aromatic carbocycles. The predicted molar refractivity (Wildman–Crippen MR) is 28.2 cm³/mol. The number of hydrogen-bond donors (Lipinski definition) is 1. The van der Waals surface area contributed by atoms with E-state index < -0.39 is 5.60 Å². The molecule has 0 saturated heterocycles. The van der Waals surface area contributed by atoms with Gasteiger partial charge < -0.3 is 9.84 Å². The SMILES string of the molecule is COCC(C)(C)O.[Hf]. The molecule has 0 aliphatic heterocycles. The zero-order valence-electron chi connectivity index (χ0n) is 5.56. The number of hydrogen-bond acceptors (Lipinski definition) is 2. The number of rotatable bonds is 2. The van der Waals surface area contributed by atoms with Gasteiger partial charge in [0.05, 0.1) is 12.2 Å². The third-order valence-electron chi connectivity index (χ3n) is 0.498. The first-order valence-corrected chi connectivity index (χ1v) is 2.27. The van der Waals surface area contributed by atoms with Gasteiger partial charge in [0.2, 0.25) is 0 Å². The Balaban J connectivity index is 0. The second-order valence-electron chi connectivity index (χ2n) is 2.25. The second-order valence-corrected chi connectivity index (χ2v) is 2.25. The van der Waals surface area contributed by atoms with Crippen LogP contribution in [0.3, 0.4) is 0 Å². The number of methoxy groups -OCH3 is 1. The minimum Gasteiger partial charge on any atom is -0.388 e. The summed E-state index contributed by atoms with van der Waals surface area (Å²) in [5, 5.41) is 8.89. The van der Waals surface area contributed by atoms with Crippen LogP contribution in [0.2, 0.25) is 0 Å². The van der Waals surface area contributed by atoms with Gasteiger partial charge in [-0.2, -0.15) is 0 Å². The van der Waals surface area contributed by atoms with Crippen LogP contribution in [0.5, 0.6) is 0 Å². The van der Waals surface area contributed by atoms with Crippen molar-refractivity contribution < 1.29 is 35.7 Å².